The Morgan fingerprint density at radius 3 is 2.59 bits per heavy atom. The zero-order valence-electron chi connectivity index (χ0n) is 20.9. The lowest BCUT2D eigenvalue weighted by atomic mass is 10.0. The fraction of sp³-hybridized carbons (Fsp3) is 0.320. The third kappa shape index (κ3) is 6.32. The summed E-state index contributed by atoms with van der Waals surface area (Å²) in [6, 6.07) is 13.5. The van der Waals surface area contributed by atoms with Crippen molar-refractivity contribution in [3.05, 3.63) is 60.7 Å². The molecule has 0 spiro atoms. The van der Waals surface area contributed by atoms with E-state index in [1.807, 2.05) is 43.4 Å². The van der Waals surface area contributed by atoms with Crippen LogP contribution in [-0.2, 0) is 14.1 Å². The number of carbonyl (C=O) groups excluding carboxylic acids is 1. The maximum absolute atomic E-state index is 13.2. The highest BCUT2D eigenvalue weighted by molar-refractivity contribution is 7.99. The topological polar surface area (TPSA) is 103 Å². The van der Waals surface area contributed by atoms with Gasteiger partial charge in [0.2, 0.25) is 0 Å². The van der Waals surface area contributed by atoms with E-state index < -0.39 is 0 Å². The Bertz CT molecular complexity index is 1370. The SMILES string of the molecule is CCN1CC(COc2ccc(Sc3ccc(Sc4nncn4C)nc3C(=O)Nc3ccn(C)n3)cc2)C1. The van der Waals surface area contributed by atoms with Crippen LogP contribution in [0.4, 0.5) is 5.82 Å². The van der Waals surface area contributed by atoms with Crippen LogP contribution in [0.1, 0.15) is 17.4 Å². The van der Waals surface area contributed by atoms with Crippen molar-refractivity contribution in [3.63, 3.8) is 0 Å². The zero-order valence-corrected chi connectivity index (χ0v) is 22.5. The van der Waals surface area contributed by atoms with E-state index in [2.05, 4.69) is 37.4 Å². The van der Waals surface area contributed by atoms with Gasteiger partial charge in [-0.25, -0.2) is 4.98 Å². The Labute approximate surface area is 223 Å². The molecule has 5 rings (SSSR count). The fourth-order valence-electron chi connectivity index (χ4n) is 3.83. The number of carbonyl (C=O) groups is 1. The van der Waals surface area contributed by atoms with Crippen molar-refractivity contribution in [2.75, 3.05) is 31.6 Å². The first-order chi connectivity index (χ1) is 18.0. The van der Waals surface area contributed by atoms with Crippen LogP contribution in [0.25, 0.3) is 0 Å². The van der Waals surface area contributed by atoms with Gasteiger partial charge in [-0.05, 0) is 54.7 Å². The second-order valence-electron chi connectivity index (χ2n) is 8.75. The summed E-state index contributed by atoms with van der Waals surface area (Å²) in [5.41, 5.74) is 0.314. The number of nitrogens with zero attached hydrogens (tertiary/aromatic N) is 7. The van der Waals surface area contributed by atoms with E-state index in [1.165, 1.54) is 23.5 Å². The molecule has 0 aliphatic carbocycles. The first-order valence-electron chi connectivity index (χ1n) is 11.9. The molecular formula is C25H28N8O2S2. The van der Waals surface area contributed by atoms with Crippen molar-refractivity contribution in [1.82, 2.24) is 34.4 Å². The molecule has 10 nitrogen and oxygen atoms in total. The highest BCUT2D eigenvalue weighted by Gasteiger charge is 2.25. The van der Waals surface area contributed by atoms with Gasteiger partial charge in [0.15, 0.2) is 11.0 Å². The number of hydrogen-bond acceptors (Lipinski definition) is 9. The predicted molar refractivity (Wildman–Crippen MR) is 142 cm³/mol. The Balaban J connectivity index is 1.31. The largest absolute Gasteiger partial charge is 0.493 e. The second-order valence-corrected chi connectivity index (χ2v) is 10.9. The summed E-state index contributed by atoms with van der Waals surface area (Å²) in [6.45, 7) is 6.22. The minimum absolute atomic E-state index is 0.314. The predicted octanol–water partition coefficient (Wildman–Crippen LogP) is 3.83. The minimum atomic E-state index is -0.330. The van der Waals surface area contributed by atoms with Crippen molar-refractivity contribution in [2.45, 2.75) is 26.9 Å². The van der Waals surface area contributed by atoms with Gasteiger partial charge in [-0.15, -0.1) is 10.2 Å². The van der Waals surface area contributed by atoms with Gasteiger partial charge < -0.3 is 19.5 Å². The van der Waals surface area contributed by atoms with Gasteiger partial charge in [0, 0.05) is 55.2 Å². The molecule has 1 fully saturated rings. The minimum Gasteiger partial charge on any atom is -0.493 e. The average molecular weight is 537 g/mol. The molecule has 4 heterocycles. The van der Waals surface area contributed by atoms with Crippen LogP contribution in [-0.4, -0.2) is 66.6 Å². The van der Waals surface area contributed by atoms with Crippen LogP contribution < -0.4 is 10.1 Å². The summed E-state index contributed by atoms with van der Waals surface area (Å²) < 4.78 is 9.41. The molecule has 0 radical (unpaired) electrons. The molecule has 0 unspecified atom stereocenters. The van der Waals surface area contributed by atoms with E-state index in [0.29, 0.717) is 27.6 Å². The number of amides is 1. The third-order valence-corrected chi connectivity index (χ3v) is 7.93. The van der Waals surface area contributed by atoms with Gasteiger partial charge in [-0.3, -0.25) is 9.48 Å². The number of pyridine rings is 1. The summed E-state index contributed by atoms with van der Waals surface area (Å²) in [5, 5.41) is 16.4. The molecule has 37 heavy (non-hydrogen) atoms. The molecule has 3 aromatic heterocycles. The number of rotatable bonds is 10. The number of hydrogen-bond donors (Lipinski definition) is 1. The van der Waals surface area contributed by atoms with Crippen molar-refractivity contribution in [3.8, 4) is 5.75 Å². The molecule has 1 aliphatic heterocycles. The average Bonchev–Trinajstić information content (AvgIpc) is 3.47. The Kier molecular flexibility index (Phi) is 7.77. The van der Waals surface area contributed by atoms with Gasteiger partial charge in [-0.2, -0.15) is 5.10 Å². The van der Waals surface area contributed by atoms with Crippen LogP contribution in [0.15, 0.2) is 75.0 Å². The Hall–Kier alpha value is -3.35. The smallest absolute Gasteiger partial charge is 0.276 e. The standard InChI is InChI=1S/C25H28N8O2S2/c1-4-33-13-17(14-33)15-35-18-5-7-19(8-6-18)36-20-9-10-22(37-25-29-26-16-31(25)2)28-23(20)24(34)27-21-11-12-32(3)30-21/h5-12,16-17H,4,13-15H2,1-3H3,(H,27,30,34). The number of ether oxygens (including phenoxy) is 1. The normalized spacial score (nSPS) is 13.9. The number of aryl methyl sites for hydroxylation is 2. The van der Waals surface area contributed by atoms with E-state index in [0.717, 1.165) is 41.8 Å². The lowest BCUT2D eigenvalue weighted by Crippen LogP contribution is -2.48. The molecule has 1 amide bonds. The molecule has 192 valence electrons. The number of likely N-dealkylation sites (tertiary alicyclic amines) is 1. The van der Waals surface area contributed by atoms with Crippen LogP contribution in [0.3, 0.4) is 0 Å². The van der Waals surface area contributed by atoms with Crippen LogP contribution >= 0.6 is 23.5 Å². The summed E-state index contributed by atoms with van der Waals surface area (Å²) in [5.74, 6) is 1.58. The van der Waals surface area contributed by atoms with E-state index >= 15 is 0 Å². The maximum Gasteiger partial charge on any atom is 0.276 e. The van der Waals surface area contributed by atoms with Crippen molar-refractivity contribution < 1.29 is 9.53 Å². The van der Waals surface area contributed by atoms with Crippen molar-refractivity contribution in [1.29, 1.82) is 0 Å². The van der Waals surface area contributed by atoms with E-state index in [1.54, 1.807) is 34.9 Å². The first kappa shape index (κ1) is 25.3. The van der Waals surface area contributed by atoms with Crippen LogP contribution in [0, 0.1) is 5.92 Å². The van der Waals surface area contributed by atoms with Gasteiger partial charge >= 0.3 is 0 Å². The number of nitrogens with one attached hydrogen (secondary N) is 1. The molecule has 0 bridgehead atoms. The summed E-state index contributed by atoms with van der Waals surface area (Å²) >= 11 is 2.82. The quantitative estimate of drug-likeness (QED) is 0.324. The zero-order chi connectivity index (χ0) is 25.8. The Morgan fingerprint density at radius 1 is 1.11 bits per heavy atom. The van der Waals surface area contributed by atoms with E-state index in [4.69, 9.17) is 4.74 Å². The third-order valence-electron chi connectivity index (χ3n) is 5.89. The van der Waals surface area contributed by atoms with Crippen LogP contribution in [0.2, 0.25) is 0 Å². The summed E-state index contributed by atoms with van der Waals surface area (Å²) in [7, 11) is 3.66. The highest BCUT2D eigenvalue weighted by atomic mass is 32.2. The first-order valence-corrected chi connectivity index (χ1v) is 13.6. The Morgan fingerprint density at radius 2 is 1.92 bits per heavy atom. The van der Waals surface area contributed by atoms with Crippen LogP contribution in [0.5, 0.6) is 5.75 Å². The monoisotopic (exact) mass is 536 g/mol. The van der Waals surface area contributed by atoms with Gasteiger partial charge in [0.1, 0.15) is 22.8 Å². The van der Waals surface area contributed by atoms with Crippen molar-refractivity contribution >= 4 is 35.2 Å². The molecule has 1 aromatic carbocycles. The molecule has 1 N–H and O–H groups in total. The molecule has 1 aliphatic rings. The lowest BCUT2D eigenvalue weighted by molar-refractivity contribution is 0.0671. The lowest BCUT2D eigenvalue weighted by Gasteiger charge is -2.38. The molecule has 0 atom stereocenters. The summed E-state index contributed by atoms with van der Waals surface area (Å²) in [4.78, 5) is 22.0. The second kappa shape index (κ2) is 11.4. The maximum atomic E-state index is 13.2. The molecule has 0 saturated carbocycles. The van der Waals surface area contributed by atoms with Gasteiger partial charge in [-0.1, -0.05) is 18.7 Å². The number of anilines is 1. The molecule has 1 saturated heterocycles. The highest BCUT2D eigenvalue weighted by Crippen LogP contribution is 2.34. The molecular weight excluding hydrogens is 508 g/mol. The fourth-order valence-corrected chi connectivity index (χ4v) is 5.47. The molecule has 4 aromatic rings. The number of benzene rings is 1. The van der Waals surface area contributed by atoms with Gasteiger partial charge in [0.05, 0.1) is 6.61 Å². The van der Waals surface area contributed by atoms with E-state index in [-0.39, 0.29) is 5.91 Å². The molecule has 12 heteroatoms. The van der Waals surface area contributed by atoms with Gasteiger partial charge in [0.25, 0.3) is 5.91 Å². The summed E-state index contributed by atoms with van der Waals surface area (Å²) in [6.07, 6.45) is 3.40. The van der Waals surface area contributed by atoms with Crippen molar-refractivity contribution in [2.24, 2.45) is 20.0 Å². The number of aromatic nitrogens is 6. The van der Waals surface area contributed by atoms with E-state index in [9.17, 15) is 4.79 Å².